The third-order valence-corrected chi connectivity index (χ3v) is 4.87. The fraction of sp³-hybridized carbons (Fsp3) is 0.480. The van der Waals surface area contributed by atoms with Crippen LogP contribution in [0.25, 0.3) is 0 Å². The summed E-state index contributed by atoms with van der Waals surface area (Å²) in [6.07, 6.45) is -0.496. The van der Waals surface area contributed by atoms with Gasteiger partial charge >= 0.3 is 5.97 Å². The van der Waals surface area contributed by atoms with E-state index in [1.807, 2.05) is 0 Å². The number of hydrogen-bond donors (Lipinski definition) is 0. The zero-order valence-electron chi connectivity index (χ0n) is 21.7. The average Bonchev–Trinajstić information content (AvgIpc) is 2.96. The van der Waals surface area contributed by atoms with E-state index in [1.54, 1.807) is 0 Å². The fourth-order valence-electron chi connectivity index (χ4n) is 2.86. The molecule has 0 saturated heterocycles. The number of nitro groups is 1. The summed E-state index contributed by atoms with van der Waals surface area (Å²) in [5.41, 5.74) is -0.0165. The molecular formula is C25H28F5NO10. The first kappa shape index (κ1) is 33.8. The molecule has 41 heavy (non-hydrogen) atoms. The first-order valence-corrected chi connectivity index (χ1v) is 12.2. The summed E-state index contributed by atoms with van der Waals surface area (Å²) in [6.45, 7) is 2.49. The molecule has 16 heteroatoms. The van der Waals surface area contributed by atoms with Crippen molar-refractivity contribution in [3.05, 3.63) is 63.5 Å². The Hall–Kier alpha value is -3.44. The van der Waals surface area contributed by atoms with Crippen molar-refractivity contribution < 1.29 is 64.8 Å². The highest BCUT2D eigenvalue weighted by atomic mass is 19.2. The van der Waals surface area contributed by atoms with E-state index in [4.69, 9.17) is 28.4 Å². The SMILES string of the molecule is O=C(CCOCCOCCOCCOCCOCCOc1ccc([N+](=O)[O-])cc1)Oc1c(F)c(F)c(F)c(F)c1F. The van der Waals surface area contributed by atoms with Gasteiger partial charge in [0.05, 0.1) is 77.4 Å². The van der Waals surface area contributed by atoms with E-state index in [9.17, 15) is 36.9 Å². The van der Waals surface area contributed by atoms with Crippen molar-refractivity contribution in [2.75, 3.05) is 72.7 Å². The van der Waals surface area contributed by atoms with Gasteiger partial charge in [-0.3, -0.25) is 14.9 Å². The van der Waals surface area contributed by atoms with E-state index in [2.05, 4.69) is 4.74 Å². The highest BCUT2D eigenvalue weighted by molar-refractivity contribution is 5.72. The number of rotatable bonds is 21. The van der Waals surface area contributed by atoms with E-state index in [0.717, 1.165) is 0 Å². The van der Waals surface area contributed by atoms with E-state index in [1.165, 1.54) is 24.3 Å². The molecule has 2 rings (SSSR count). The molecule has 0 bridgehead atoms. The van der Waals surface area contributed by atoms with Crippen molar-refractivity contribution in [3.63, 3.8) is 0 Å². The monoisotopic (exact) mass is 597 g/mol. The lowest BCUT2D eigenvalue weighted by Gasteiger charge is -2.09. The number of non-ortho nitro benzene ring substituents is 1. The number of benzene rings is 2. The lowest BCUT2D eigenvalue weighted by molar-refractivity contribution is -0.384. The maximum atomic E-state index is 13.5. The number of carbonyl (C=O) groups is 1. The molecule has 0 saturated carbocycles. The minimum absolute atomic E-state index is 0.0165. The smallest absolute Gasteiger partial charge is 0.313 e. The Morgan fingerprint density at radius 3 is 1.44 bits per heavy atom. The Morgan fingerprint density at radius 2 is 1.00 bits per heavy atom. The summed E-state index contributed by atoms with van der Waals surface area (Å²) in [4.78, 5) is 21.7. The van der Waals surface area contributed by atoms with Crippen LogP contribution in [0.5, 0.6) is 11.5 Å². The number of hydrogen-bond acceptors (Lipinski definition) is 10. The van der Waals surface area contributed by atoms with Crippen molar-refractivity contribution in [1.29, 1.82) is 0 Å². The van der Waals surface area contributed by atoms with Crippen LogP contribution in [0.2, 0.25) is 0 Å². The van der Waals surface area contributed by atoms with Crippen molar-refractivity contribution in [2.24, 2.45) is 0 Å². The molecule has 0 fully saturated rings. The van der Waals surface area contributed by atoms with Crippen LogP contribution in [0.4, 0.5) is 27.6 Å². The summed E-state index contributed by atoms with van der Waals surface area (Å²) in [7, 11) is 0. The van der Waals surface area contributed by atoms with E-state index < -0.39 is 52.1 Å². The zero-order chi connectivity index (χ0) is 30.0. The minimum Gasteiger partial charge on any atom is -0.491 e. The fourth-order valence-corrected chi connectivity index (χ4v) is 2.86. The number of halogens is 5. The van der Waals surface area contributed by atoms with Crippen LogP contribution >= 0.6 is 0 Å². The topological polar surface area (TPSA) is 125 Å². The molecule has 0 radical (unpaired) electrons. The van der Waals surface area contributed by atoms with Crippen molar-refractivity contribution >= 4 is 11.7 Å². The molecule has 0 amide bonds. The van der Waals surface area contributed by atoms with Gasteiger partial charge < -0.3 is 33.2 Å². The molecule has 0 aliphatic rings. The summed E-state index contributed by atoms with van der Waals surface area (Å²) >= 11 is 0. The standard InChI is InChI=1S/C25H28F5NO10/c26-20-21(27)23(29)25(24(30)22(20)28)41-19(32)5-6-35-7-8-36-9-10-37-11-12-38-13-14-39-15-16-40-18-3-1-17(2-4-18)31(33)34/h1-4H,5-16H2. The Morgan fingerprint density at radius 1 is 0.610 bits per heavy atom. The van der Waals surface area contributed by atoms with Crippen molar-refractivity contribution in [2.45, 2.75) is 6.42 Å². The molecule has 228 valence electrons. The second kappa shape index (κ2) is 18.8. The number of carbonyl (C=O) groups excluding carboxylic acids is 1. The van der Waals surface area contributed by atoms with Crippen LogP contribution in [0, 0.1) is 39.2 Å². The Kier molecular flexibility index (Phi) is 15.5. The summed E-state index contributed by atoms with van der Waals surface area (Å²) < 4.78 is 102. The van der Waals surface area contributed by atoms with E-state index in [0.29, 0.717) is 38.8 Å². The van der Waals surface area contributed by atoms with Gasteiger partial charge in [-0.1, -0.05) is 0 Å². The predicted octanol–water partition coefficient (Wildman–Crippen LogP) is 3.75. The molecule has 0 unspecified atom stereocenters. The molecule has 0 N–H and O–H groups in total. The van der Waals surface area contributed by atoms with Crippen LogP contribution in [0.1, 0.15) is 6.42 Å². The lowest BCUT2D eigenvalue weighted by Crippen LogP contribution is -2.16. The molecule has 0 aliphatic carbocycles. The minimum atomic E-state index is -2.35. The predicted molar refractivity (Wildman–Crippen MR) is 129 cm³/mol. The molecule has 0 aliphatic heterocycles. The number of esters is 1. The van der Waals surface area contributed by atoms with Crippen LogP contribution in [-0.4, -0.2) is 83.6 Å². The van der Waals surface area contributed by atoms with Crippen molar-refractivity contribution in [1.82, 2.24) is 0 Å². The van der Waals surface area contributed by atoms with Crippen LogP contribution < -0.4 is 9.47 Å². The van der Waals surface area contributed by atoms with Gasteiger partial charge in [0, 0.05) is 12.1 Å². The second-order valence-corrected chi connectivity index (χ2v) is 7.78. The van der Waals surface area contributed by atoms with Gasteiger partial charge in [-0.15, -0.1) is 0 Å². The first-order valence-electron chi connectivity index (χ1n) is 12.2. The molecule has 0 spiro atoms. The molecule has 11 nitrogen and oxygen atoms in total. The maximum absolute atomic E-state index is 13.5. The van der Waals surface area contributed by atoms with Crippen LogP contribution in [-0.2, 0) is 28.5 Å². The molecule has 0 aromatic heterocycles. The normalized spacial score (nSPS) is 11.0. The highest BCUT2D eigenvalue weighted by Crippen LogP contribution is 2.29. The zero-order valence-corrected chi connectivity index (χ0v) is 21.7. The summed E-state index contributed by atoms with van der Waals surface area (Å²) in [5.74, 6) is -13.7. The number of nitro benzene ring substituents is 1. The largest absolute Gasteiger partial charge is 0.491 e. The molecular weight excluding hydrogens is 569 g/mol. The molecule has 0 heterocycles. The van der Waals surface area contributed by atoms with E-state index >= 15 is 0 Å². The van der Waals surface area contributed by atoms with Gasteiger partial charge in [-0.25, -0.2) is 13.2 Å². The van der Waals surface area contributed by atoms with Crippen molar-refractivity contribution in [3.8, 4) is 11.5 Å². The van der Waals surface area contributed by atoms with Gasteiger partial charge in [0.25, 0.3) is 5.69 Å². The van der Waals surface area contributed by atoms with Gasteiger partial charge in [-0.2, -0.15) is 8.78 Å². The lowest BCUT2D eigenvalue weighted by atomic mass is 10.2. The summed E-state index contributed by atoms with van der Waals surface area (Å²) in [5, 5.41) is 10.6. The molecule has 0 atom stereocenters. The maximum Gasteiger partial charge on any atom is 0.313 e. The van der Waals surface area contributed by atoms with Crippen LogP contribution in [0.15, 0.2) is 24.3 Å². The number of nitrogens with zero attached hydrogens (tertiary/aromatic N) is 1. The first-order chi connectivity index (χ1) is 19.7. The third-order valence-electron chi connectivity index (χ3n) is 4.87. The van der Waals surface area contributed by atoms with E-state index in [-0.39, 0.29) is 45.3 Å². The van der Waals surface area contributed by atoms with Gasteiger partial charge in [-0.05, 0) is 12.1 Å². The van der Waals surface area contributed by atoms with Crippen LogP contribution in [0.3, 0.4) is 0 Å². The molecule has 2 aromatic carbocycles. The quantitative estimate of drug-likeness (QED) is 0.0307. The Bertz CT molecular complexity index is 1080. The Labute approximate surface area is 231 Å². The van der Waals surface area contributed by atoms with Gasteiger partial charge in [0.15, 0.2) is 0 Å². The Balaban J connectivity index is 1.35. The van der Waals surface area contributed by atoms with Gasteiger partial charge in [0.1, 0.15) is 12.4 Å². The average molecular weight is 597 g/mol. The van der Waals surface area contributed by atoms with Gasteiger partial charge in [0.2, 0.25) is 34.8 Å². The second-order valence-electron chi connectivity index (χ2n) is 7.78. The summed E-state index contributed by atoms with van der Waals surface area (Å²) in [6, 6.07) is 5.72. The highest BCUT2D eigenvalue weighted by Gasteiger charge is 2.28. The molecule has 2 aromatic rings. The third kappa shape index (κ3) is 12.3. The number of ether oxygens (including phenoxy) is 7.